The van der Waals surface area contributed by atoms with E-state index in [1.54, 1.807) is 6.07 Å². The fourth-order valence-corrected chi connectivity index (χ4v) is 3.14. The summed E-state index contributed by atoms with van der Waals surface area (Å²) in [6.07, 6.45) is 3.35. The highest BCUT2D eigenvalue weighted by molar-refractivity contribution is 9.09. The highest BCUT2D eigenvalue weighted by atomic mass is 79.9. The molecule has 1 aromatic carbocycles. The number of carbonyl (C=O) groups excluding carboxylic acids is 1. The molecule has 0 spiro atoms. The number of hydrogen-bond donors (Lipinski definition) is 1. The van der Waals surface area contributed by atoms with Gasteiger partial charge in [-0.1, -0.05) is 15.9 Å². The number of carbonyl (C=O) groups is 1. The van der Waals surface area contributed by atoms with Crippen LogP contribution in [0.3, 0.4) is 0 Å². The number of hydrogen-bond acceptors (Lipinski definition) is 2. The number of rotatable bonds is 4. The monoisotopic (exact) mass is 329 g/mol. The van der Waals surface area contributed by atoms with Gasteiger partial charge in [0.15, 0.2) is 11.6 Å². The molecule has 19 heavy (non-hydrogen) atoms. The first-order valence-electron chi connectivity index (χ1n) is 6.36. The lowest BCUT2D eigenvalue weighted by Crippen LogP contribution is -2.28. The van der Waals surface area contributed by atoms with Gasteiger partial charge in [-0.25, -0.2) is 4.39 Å². The molecule has 1 amide bonds. The summed E-state index contributed by atoms with van der Waals surface area (Å²) in [5.74, 6) is -0.0954. The van der Waals surface area contributed by atoms with Crippen molar-refractivity contribution in [2.75, 3.05) is 13.7 Å². The second-order valence-corrected chi connectivity index (χ2v) is 6.13. The van der Waals surface area contributed by atoms with Crippen molar-refractivity contribution in [1.82, 2.24) is 5.32 Å². The number of alkyl halides is 1. The summed E-state index contributed by atoms with van der Waals surface area (Å²) in [6, 6.07) is 4.24. The summed E-state index contributed by atoms with van der Waals surface area (Å²) in [6.45, 7) is 0.647. The fourth-order valence-electron chi connectivity index (χ4n) is 2.35. The lowest BCUT2D eigenvalue weighted by atomic mass is 10.1. The lowest BCUT2D eigenvalue weighted by molar-refractivity contribution is 0.0947. The van der Waals surface area contributed by atoms with Gasteiger partial charge in [-0.15, -0.1) is 0 Å². The van der Waals surface area contributed by atoms with Crippen molar-refractivity contribution in [3.05, 3.63) is 29.6 Å². The third-order valence-electron chi connectivity index (χ3n) is 3.44. The first-order chi connectivity index (χ1) is 9.10. The summed E-state index contributed by atoms with van der Waals surface area (Å²) in [7, 11) is 1.40. The number of amides is 1. The Hall–Kier alpha value is -1.10. The highest BCUT2D eigenvalue weighted by Crippen LogP contribution is 2.30. The first-order valence-corrected chi connectivity index (χ1v) is 7.27. The van der Waals surface area contributed by atoms with Crippen LogP contribution in [-0.2, 0) is 0 Å². The van der Waals surface area contributed by atoms with Crippen LogP contribution < -0.4 is 10.1 Å². The van der Waals surface area contributed by atoms with Crippen molar-refractivity contribution in [2.45, 2.75) is 24.1 Å². The van der Waals surface area contributed by atoms with Crippen LogP contribution in [0.5, 0.6) is 5.75 Å². The Morgan fingerprint density at radius 2 is 2.32 bits per heavy atom. The number of methoxy groups -OCH3 is 1. The van der Waals surface area contributed by atoms with Crippen LogP contribution in [0.1, 0.15) is 29.6 Å². The molecule has 0 saturated heterocycles. The second-order valence-electron chi connectivity index (χ2n) is 4.84. The largest absolute Gasteiger partial charge is 0.494 e. The van der Waals surface area contributed by atoms with E-state index < -0.39 is 5.82 Å². The average Bonchev–Trinajstić information content (AvgIpc) is 2.81. The summed E-state index contributed by atoms with van der Waals surface area (Å²) in [5, 5.41) is 2.86. The molecular formula is C14H17BrFNO2. The van der Waals surface area contributed by atoms with Gasteiger partial charge in [0.2, 0.25) is 0 Å². The molecule has 0 aromatic heterocycles. The maximum atomic E-state index is 13.5. The van der Waals surface area contributed by atoms with E-state index in [0.717, 1.165) is 19.3 Å². The molecule has 1 fully saturated rings. The minimum absolute atomic E-state index is 0.148. The number of benzene rings is 1. The Morgan fingerprint density at radius 1 is 1.53 bits per heavy atom. The first kappa shape index (κ1) is 14.3. The van der Waals surface area contributed by atoms with E-state index in [1.165, 1.54) is 19.2 Å². The van der Waals surface area contributed by atoms with Crippen LogP contribution in [-0.4, -0.2) is 24.4 Å². The van der Waals surface area contributed by atoms with E-state index in [2.05, 4.69) is 21.2 Å². The maximum Gasteiger partial charge on any atom is 0.251 e. The van der Waals surface area contributed by atoms with Crippen molar-refractivity contribution < 1.29 is 13.9 Å². The molecule has 1 aliphatic rings. The van der Waals surface area contributed by atoms with Gasteiger partial charge in [0.1, 0.15) is 0 Å². The molecule has 104 valence electrons. The maximum absolute atomic E-state index is 13.5. The molecule has 3 nitrogen and oxygen atoms in total. The van der Waals surface area contributed by atoms with Crippen molar-refractivity contribution in [3.8, 4) is 5.75 Å². The molecule has 0 heterocycles. The van der Waals surface area contributed by atoms with E-state index in [4.69, 9.17) is 4.74 Å². The normalized spacial score (nSPS) is 22.3. The van der Waals surface area contributed by atoms with Gasteiger partial charge >= 0.3 is 0 Å². The predicted molar refractivity (Wildman–Crippen MR) is 75.3 cm³/mol. The molecule has 1 aliphatic carbocycles. The number of ether oxygens (including phenoxy) is 1. The molecule has 0 radical (unpaired) electrons. The van der Waals surface area contributed by atoms with Gasteiger partial charge in [-0.2, -0.15) is 0 Å². The van der Waals surface area contributed by atoms with Gasteiger partial charge in [0.05, 0.1) is 7.11 Å². The summed E-state index contributed by atoms with van der Waals surface area (Å²) in [5.41, 5.74) is 0.326. The molecule has 2 atom stereocenters. The molecule has 0 bridgehead atoms. The predicted octanol–water partition coefficient (Wildman–Crippen LogP) is 3.13. The van der Waals surface area contributed by atoms with Crippen LogP contribution in [0, 0.1) is 11.7 Å². The van der Waals surface area contributed by atoms with E-state index in [0.29, 0.717) is 22.9 Å². The summed E-state index contributed by atoms with van der Waals surface area (Å²) in [4.78, 5) is 12.5. The zero-order chi connectivity index (χ0) is 13.8. The van der Waals surface area contributed by atoms with Gasteiger partial charge in [0, 0.05) is 16.9 Å². The van der Waals surface area contributed by atoms with Crippen LogP contribution >= 0.6 is 15.9 Å². The molecule has 0 aliphatic heterocycles. The quantitative estimate of drug-likeness (QED) is 0.862. The van der Waals surface area contributed by atoms with Crippen molar-refractivity contribution >= 4 is 21.8 Å². The van der Waals surface area contributed by atoms with Crippen LogP contribution in [0.25, 0.3) is 0 Å². The van der Waals surface area contributed by atoms with Gasteiger partial charge < -0.3 is 10.1 Å². The van der Waals surface area contributed by atoms with Gasteiger partial charge in [-0.3, -0.25) is 4.79 Å². The smallest absolute Gasteiger partial charge is 0.251 e. The molecule has 2 rings (SSSR count). The zero-order valence-corrected chi connectivity index (χ0v) is 12.4. The molecule has 1 N–H and O–H groups in total. The van der Waals surface area contributed by atoms with Crippen molar-refractivity contribution in [2.24, 2.45) is 5.92 Å². The Kier molecular flexibility index (Phi) is 4.80. The zero-order valence-electron chi connectivity index (χ0n) is 10.8. The highest BCUT2D eigenvalue weighted by Gasteiger charge is 2.23. The van der Waals surface area contributed by atoms with Crippen LogP contribution in [0.2, 0.25) is 0 Å². The number of nitrogens with one attached hydrogen (secondary N) is 1. The SMILES string of the molecule is COc1ccc(C(=O)NCC2CCC(Br)C2)cc1F. The number of halogens is 2. The molecule has 1 saturated carbocycles. The lowest BCUT2D eigenvalue weighted by Gasteiger charge is -2.11. The molecule has 1 aromatic rings. The van der Waals surface area contributed by atoms with Gasteiger partial charge in [0.25, 0.3) is 5.91 Å². The summed E-state index contributed by atoms with van der Waals surface area (Å²) < 4.78 is 18.3. The van der Waals surface area contributed by atoms with Crippen molar-refractivity contribution in [1.29, 1.82) is 0 Å². The Balaban J connectivity index is 1.91. The van der Waals surface area contributed by atoms with E-state index in [1.807, 2.05) is 0 Å². The average molecular weight is 330 g/mol. The minimum Gasteiger partial charge on any atom is -0.494 e. The van der Waals surface area contributed by atoms with Crippen molar-refractivity contribution in [3.63, 3.8) is 0 Å². The van der Waals surface area contributed by atoms with E-state index in [-0.39, 0.29) is 11.7 Å². The molecular weight excluding hydrogens is 313 g/mol. The minimum atomic E-state index is -0.517. The van der Waals surface area contributed by atoms with E-state index in [9.17, 15) is 9.18 Å². The standard InChI is InChI=1S/C14H17BrFNO2/c1-19-13-5-3-10(7-12(13)16)14(18)17-8-9-2-4-11(15)6-9/h3,5,7,9,11H,2,4,6,8H2,1H3,(H,17,18). The van der Waals surface area contributed by atoms with E-state index >= 15 is 0 Å². The van der Waals surface area contributed by atoms with Gasteiger partial charge in [-0.05, 0) is 43.4 Å². The summed E-state index contributed by atoms with van der Waals surface area (Å²) >= 11 is 3.58. The third kappa shape index (κ3) is 3.69. The molecule has 5 heteroatoms. The second kappa shape index (κ2) is 6.37. The van der Waals surface area contributed by atoms with Crippen LogP contribution in [0.15, 0.2) is 18.2 Å². The topological polar surface area (TPSA) is 38.3 Å². The Labute approximate surface area is 120 Å². The third-order valence-corrected chi connectivity index (χ3v) is 4.27. The fraction of sp³-hybridized carbons (Fsp3) is 0.500. The Morgan fingerprint density at radius 3 is 2.89 bits per heavy atom. The molecule has 2 unspecified atom stereocenters. The Bertz CT molecular complexity index is 467. The van der Waals surface area contributed by atoms with Crippen LogP contribution in [0.4, 0.5) is 4.39 Å².